The predicted octanol–water partition coefficient (Wildman–Crippen LogP) is -0.0115. The highest BCUT2D eigenvalue weighted by Crippen LogP contribution is 2.12. The average Bonchev–Trinajstić information content (AvgIpc) is 2.52. The SMILES string of the molecule is COCCCNc1cnnc(N2CCN(C(C)=O)CC2)n1. The fraction of sp³-hybridized carbons (Fsp3) is 0.692. The summed E-state index contributed by atoms with van der Waals surface area (Å²) >= 11 is 0. The monoisotopic (exact) mass is 294 g/mol. The van der Waals surface area contributed by atoms with Gasteiger partial charge in [-0.3, -0.25) is 4.79 Å². The first kappa shape index (κ1) is 15.4. The molecule has 0 aliphatic carbocycles. The van der Waals surface area contributed by atoms with E-state index in [1.54, 1.807) is 20.2 Å². The lowest BCUT2D eigenvalue weighted by Crippen LogP contribution is -2.48. The molecule has 21 heavy (non-hydrogen) atoms. The number of nitrogens with one attached hydrogen (secondary N) is 1. The van der Waals surface area contributed by atoms with Gasteiger partial charge in [0.2, 0.25) is 11.9 Å². The zero-order valence-electron chi connectivity index (χ0n) is 12.6. The van der Waals surface area contributed by atoms with Crippen LogP contribution in [0.2, 0.25) is 0 Å². The van der Waals surface area contributed by atoms with Gasteiger partial charge in [0.05, 0.1) is 6.20 Å². The third-order valence-corrected chi connectivity index (χ3v) is 3.39. The van der Waals surface area contributed by atoms with Gasteiger partial charge in [-0.25, -0.2) is 0 Å². The van der Waals surface area contributed by atoms with Crippen LogP contribution in [0, 0.1) is 0 Å². The number of rotatable bonds is 6. The van der Waals surface area contributed by atoms with Crippen molar-refractivity contribution in [1.82, 2.24) is 20.1 Å². The molecule has 1 aromatic heterocycles. The van der Waals surface area contributed by atoms with Gasteiger partial charge < -0.3 is 19.9 Å². The van der Waals surface area contributed by atoms with Crippen molar-refractivity contribution < 1.29 is 9.53 Å². The Bertz CT molecular complexity index is 462. The van der Waals surface area contributed by atoms with E-state index in [1.165, 1.54) is 0 Å². The van der Waals surface area contributed by atoms with E-state index in [2.05, 4.69) is 20.5 Å². The van der Waals surface area contributed by atoms with Gasteiger partial charge in [0.1, 0.15) is 0 Å². The lowest BCUT2D eigenvalue weighted by Gasteiger charge is -2.33. The molecule has 2 heterocycles. The highest BCUT2D eigenvalue weighted by Gasteiger charge is 2.20. The van der Waals surface area contributed by atoms with Gasteiger partial charge in [-0.15, -0.1) is 5.10 Å². The molecule has 0 aromatic carbocycles. The molecule has 1 amide bonds. The van der Waals surface area contributed by atoms with Gasteiger partial charge in [-0.05, 0) is 6.42 Å². The second kappa shape index (κ2) is 7.72. The number of aromatic nitrogens is 3. The standard InChI is InChI=1S/C13H22N6O2/c1-11(20)18-5-7-19(8-6-18)13-16-12(10-15-17-13)14-4-3-9-21-2/h10H,3-9H2,1-2H3,(H,14,16,17). The van der Waals surface area contributed by atoms with E-state index in [9.17, 15) is 4.79 Å². The van der Waals surface area contributed by atoms with Crippen molar-refractivity contribution in [1.29, 1.82) is 0 Å². The van der Waals surface area contributed by atoms with Crippen LogP contribution in [-0.2, 0) is 9.53 Å². The molecule has 1 N–H and O–H groups in total. The molecule has 0 atom stereocenters. The molecule has 1 saturated heterocycles. The smallest absolute Gasteiger partial charge is 0.247 e. The Kier molecular flexibility index (Phi) is 5.68. The van der Waals surface area contributed by atoms with Crippen molar-refractivity contribution in [3.8, 4) is 0 Å². The van der Waals surface area contributed by atoms with E-state index in [0.717, 1.165) is 26.1 Å². The van der Waals surface area contributed by atoms with Gasteiger partial charge in [0, 0.05) is 53.4 Å². The summed E-state index contributed by atoms with van der Waals surface area (Å²) in [7, 11) is 1.69. The van der Waals surface area contributed by atoms with E-state index in [1.807, 2.05) is 9.80 Å². The fourth-order valence-corrected chi connectivity index (χ4v) is 2.17. The van der Waals surface area contributed by atoms with Gasteiger partial charge in [0.15, 0.2) is 5.82 Å². The zero-order chi connectivity index (χ0) is 15.1. The van der Waals surface area contributed by atoms with Crippen LogP contribution >= 0.6 is 0 Å². The van der Waals surface area contributed by atoms with Gasteiger partial charge >= 0.3 is 0 Å². The maximum absolute atomic E-state index is 11.3. The van der Waals surface area contributed by atoms with Gasteiger partial charge in [0.25, 0.3) is 0 Å². The number of nitrogens with zero attached hydrogens (tertiary/aromatic N) is 5. The average molecular weight is 294 g/mol. The van der Waals surface area contributed by atoms with Crippen LogP contribution in [0.3, 0.4) is 0 Å². The number of hydrogen-bond acceptors (Lipinski definition) is 7. The fourth-order valence-electron chi connectivity index (χ4n) is 2.17. The maximum Gasteiger partial charge on any atom is 0.247 e. The Hall–Kier alpha value is -1.96. The van der Waals surface area contributed by atoms with E-state index in [4.69, 9.17) is 4.74 Å². The lowest BCUT2D eigenvalue weighted by atomic mass is 10.3. The predicted molar refractivity (Wildman–Crippen MR) is 79.3 cm³/mol. The summed E-state index contributed by atoms with van der Waals surface area (Å²) in [6.45, 7) is 5.95. The number of ether oxygens (including phenoxy) is 1. The normalized spacial score (nSPS) is 15.1. The van der Waals surface area contributed by atoms with Crippen molar-refractivity contribution in [2.45, 2.75) is 13.3 Å². The Labute approximate surface area is 124 Å². The first-order chi connectivity index (χ1) is 10.2. The Balaban J connectivity index is 1.87. The number of carbonyl (C=O) groups excluding carboxylic acids is 1. The summed E-state index contributed by atoms with van der Waals surface area (Å²) in [5, 5.41) is 11.3. The summed E-state index contributed by atoms with van der Waals surface area (Å²) in [4.78, 5) is 19.7. The summed E-state index contributed by atoms with van der Waals surface area (Å²) in [5.41, 5.74) is 0. The number of anilines is 2. The summed E-state index contributed by atoms with van der Waals surface area (Å²) < 4.78 is 5.00. The van der Waals surface area contributed by atoms with Gasteiger partial charge in [-0.1, -0.05) is 0 Å². The summed E-state index contributed by atoms with van der Waals surface area (Å²) in [6, 6.07) is 0. The van der Waals surface area contributed by atoms with Crippen LogP contribution < -0.4 is 10.2 Å². The Morgan fingerprint density at radius 1 is 1.38 bits per heavy atom. The molecule has 1 aliphatic heterocycles. The summed E-state index contributed by atoms with van der Waals surface area (Å²) in [6.07, 6.45) is 2.52. The number of hydrogen-bond donors (Lipinski definition) is 1. The van der Waals surface area contributed by atoms with Crippen LogP contribution in [0.25, 0.3) is 0 Å². The zero-order valence-corrected chi connectivity index (χ0v) is 12.6. The minimum absolute atomic E-state index is 0.113. The van der Waals surface area contributed by atoms with Gasteiger partial charge in [-0.2, -0.15) is 10.1 Å². The largest absolute Gasteiger partial charge is 0.385 e. The topological polar surface area (TPSA) is 83.5 Å². The second-order valence-electron chi connectivity index (χ2n) is 4.91. The number of piperazine rings is 1. The van der Waals surface area contributed by atoms with Crippen molar-refractivity contribution in [3.63, 3.8) is 0 Å². The molecule has 8 nitrogen and oxygen atoms in total. The first-order valence-electron chi connectivity index (χ1n) is 7.13. The quantitative estimate of drug-likeness (QED) is 0.739. The molecule has 0 spiro atoms. The molecule has 8 heteroatoms. The van der Waals surface area contributed by atoms with Crippen LogP contribution in [0.1, 0.15) is 13.3 Å². The van der Waals surface area contributed by atoms with E-state index < -0.39 is 0 Å². The van der Waals surface area contributed by atoms with E-state index in [0.29, 0.717) is 31.5 Å². The van der Waals surface area contributed by atoms with Crippen molar-refractivity contribution in [3.05, 3.63) is 6.20 Å². The Morgan fingerprint density at radius 2 is 2.14 bits per heavy atom. The summed E-state index contributed by atoms with van der Waals surface area (Å²) in [5.74, 6) is 1.43. The van der Waals surface area contributed by atoms with Crippen molar-refractivity contribution >= 4 is 17.7 Å². The molecular formula is C13H22N6O2. The van der Waals surface area contributed by atoms with E-state index >= 15 is 0 Å². The van der Waals surface area contributed by atoms with Crippen molar-refractivity contribution in [2.75, 3.05) is 56.7 Å². The van der Waals surface area contributed by atoms with Crippen LogP contribution in [-0.4, -0.2) is 72.4 Å². The number of amides is 1. The molecule has 1 aromatic rings. The number of carbonyl (C=O) groups is 1. The number of methoxy groups -OCH3 is 1. The Morgan fingerprint density at radius 3 is 2.81 bits per heavy atom. The van der Waals surface area contributed by atoms with Crippen LogP contribution in [0.15, 0.2) is 6.20 Å². The molecule has 2 rings (SSSR count). The molecule has 0 unspecified atom stereocenters. The third kappa shape index (κ3) is 4.52. The highest BCUT2D eigenvalue weighted by molar-refractivity contribution is 5.73. The third-order valence-electron chi connectivity index (χ3n) is 3.39. The highest BCUT2D eigenvalue weighted by atomic mass is 16.5. The molecule has 0 saturated carbocycles. The van der Waals surface area contributed by atoms with E-state index in [-0.39, 0.29) is 5.91 Å². The first-order valence-corrected chi connectivity index (χ1v) is 7.13. The molecule has 1 aliphatic rings. The second-order valence-corrected chi connectivity index (χ2v) is 4.91. The van der Waals surface area contributed by atoms with Crippen LogP contribution in [0.4, 0.5) is 11.8 Å². The van der Waals surface area contributed by atoms with Crippen LogP contribution in [0.5, 0.6) is 0 Å². The molecule has 0 radical (unpaired) electrons. The minimum Gasteiger partial charge on any atom is -0.385 e. The van der Waals surface area contributed by atoms with Crippen molar-refractivity contribution in [2.24, 2.45) is 0 Å². The minimum atomic E-state index is 0.113. The molecule has 0 bridgehead atoms. The maximum atomic E-state index is 11.3. The lowest BCUT2D eigenvalue weighted by molar-refractivity contribution is -0.129. The molecule has 1 fully saturated rings. The molecular weight excluding hydrogens is 272 g/mol. The molecule has 116 valence electrons.